The van der Waals surface area contributed by atoms with Crippen molar-refractivity contribution in [1.82, 2.24) is 20.4 Å². The molecule has 23 heavy (non-hydrogen) atoms. The van der Waals surface area contributed by atoms with E-state index >= 15 is 0 Å². The normalized spacial score (nSPS) is 23.7. The molecule has 1 aliphatic carbocycles. The molecule has 7 nitrogen and oxygen atoms in total. The van der Waals surface area contributed by atoms with Crippen molar-refractivity contribution in [1.29, 1.82) is 0 Å². The maximum atomic E-state index is 12.7. The number of carbonyl (C=O) groups is 2. The third kappa shape index (κ3) is 3.23. The second-order valence-corrected chi connectivity index (χ2v) is 7.13. The van der Waals surface area contributed by atoms with E-state index in [4.69, 9.17) is 4.52 Å². The lowest BCUT2D eigenvalue weighted by molar-refractivity contribution is -0.129. The molecule has 2 amide bonds. The molecule has 3 rings (SSSR count). The van der Waals surface area contributed by atoms with E-state index in [2.05, 4.69) is 29.3 Å². The topological polar surface area (TPSA) is 88.3 Å². The molecule has 0 radical (unpaired) electrons. The molecule has 2 fully saturated rings. The second-order valence-electron chi connectivity index (χ2n) is 7.13. The predicted molar refractivity (Wildman–Crippen MR) is 82.1 cm³/mol. The van der Waals surface area contributed by atoms with Crippen LogP contribution in [0.25, 0.3) is 0 Å². The highest BCUT2D eigenvalue weighted by molar-refractivity contribution is 5.89. The van der Waals surface area contributed by atoms with Crippen LogP contribution in [0.2, 0.25) is 0 Å². The lowest BCUT2D eigenvalue weighted by Gasteiger charge is -2.28. The molecule has 1 aliphatic heterocycles. The SMILES string of the molecule is CC(C)CN1CC(C(=O)NC2(c3ncon3)CCCC2)CC1=O. The fourth-order valence-electron chi connectivity index (χ4n) is 3.67. The molecule has 1 N–H and O–H groups in total. The summed E-state index contributed by atoms with van der Waals surface area (Å²) in [5, 5.41) is 7.07. The number of carbonyl (C=O) groups excluding carboxylic acids is 2. The molecule has 0 aromatic carbocycles. The van der Waals surface area contributed by atoms with Crippen molar-refractivity contribution >= 4 is 11.8 Å². The largest absolute Gasteiger partial charge is 0.343 e. The molecule has 1 aromatic heterocycles. The quantitative estimate of drug-likeness (QED) is 0.887. The Balaban J connectivity index is 1.68. The van der Waals surface area contributed by atoms with Crippen LogP contribution in [0.1, 0.15) is 51.8 Å². The Morgan fingerprint density at radius 3 is 2.83 bits per heavy atom. The van der Waals surface area contributed by atoms with Gasteiger partial charge in [0.2, 0.25) is 18.2 Å². The fraction of sp³-hybridized carbons (Fsp3) is 0.750. The van der Waals surface area contributed by atoms with Crippen molar-refractivity contribution in [2.24, 2.45) is 11.8 Å². The summed E-state index contributed by atoms with van der Waals surface area (Å²) in [4.78, 5) is 30.7. The van der Waals surface area contributed by atoms with E-state index in [1.807, 2.05) is 0 Å². The van der Waals surface area contributed by atoms with Gasteiger partial charge in [-0.05, 0) is 18.8 Å². The number of hydrogen-bond donors (Lipinski definition) is 1. The zero-order valence-corrected chi connectivity index (χ0v) is 13.7. The van der Waals surface area contributed by atoms with Crippen LogP contribution in [-0.4, -0.2) is 39.9 Å². The molecule has 1 atom stereocenters. The monoisotopic (exact) mass is 320 g/mol. The zero-order valence-electron chi connectivity index (χ0n) is 13.7. The number of aromatic nitrogens is 2. The number of amides is 2. The van der Waals surface area contributed by atoms with Gasteiger partial charge in [-0.25, -0.2) is 0 Å². The van der Waals surface area contributed by atoms with Crippen molar-refractivity contribution in [3.05, 3.63) is 12.2 Å². The first-order valence-electron chi connectivity index (χ1n) is 8.37. The van der Waals surface area contributed by atoms with Crippen LogP contribution in [0.15, 0.2) is 10.9 Å². The minimum absolute atomic E-state index is 0.0684. The summed E-state index contributed by atoms with van der Waals surface area (Å²) >= 11 is 0. The molecule has 7 heteroatoms. The Hall–Kier alpha value is -1.92. The van der Waals surface area contributed by atoms with Gasteiger partial charge in [-0.15, -0.1) is 0 Å². The van der Waals surface area contributed by atoms with E-state index in [-0.39, 0.29) is 17.7 Å². The minimum atomic E-state index is -0.529. The van der Waals surface area contributed by atoms with Crippen LogP contribution in [0.5, 0.6) is 0 Å². The first-order valence-corrected chi connectivity index (χ1v) is 8.37. The molecular weight excluding hydrogens is 296 g/mol. The number of nitrogens with zero attached hydrogens (tertiary/aromatic N) is 3. The Morgan fingerprint density at radius 2 is 2.22 bits per heavy atom. The molecule has 1 saturated heterocycles. The number of rotatable bonds is 5. The molecule has 126 valence electrons. The summed E-state index contributed by atoms with van der Waals surface area (Å²) in [6.45, 7) is 5.36. The summed E-state index contributed by atoms with van der Waals surface area (Å²) in [6.07, 6.45) is 5.27. The van der Waals surface area contributed by atoms with Crippen LogP contribution >= 0.6 is 0 Å². The zero-order chi connectivity index (χ0) is 16.4. The van der Waals surface area contributed by atoms with E-state index in [9.17, 15) is 9.59 Å². The molecule has 0 spiro atoms. The van der Waals surface area contributed by atoms with Crippen molar-refractivity contribution in [2.75, 3.05) is 13.1 Å². The lowest BCUT2D eigenvalue weighted by atomic mass is 9.95. The van der Waals surface area contributed by atoms with Crippen LogP contribution in [0.4, 0.5) is 0 Å². The van der Waals surface area contributed by atoms with Gasteiger partial charge in [0.15, 0.2) is 5.82 Å². The van der Waals surface area contributed by atoms with Crippen LogP contribution < -0.4 is 5.32 Å². The first kappa shape index (κ1) is 16.0. The van der Waals surface area contributed by atoms with Gasteiger partial charge >= 0.3 is 0 Å². The standard InChI is InChI=1S/C16H24N4O3/c1-11(2)8-20-9-12(7-13(20)21)14(22)18-16(5-3-4-6-16)15-17-10-23-19-15/h10-12H,3-9H2,1-2H3,(H,18,22). The predicted octanol–water partition coefficient (Wildman–Crippen LogP) is 1.46. The summed E-state index contributed by atoms with van der Waals surface area (Å²) in [7, 11) is 0. The Morgan fingerprint density at radius 1 is 1.48 bits per heavy atom. The summed E-state index contributed by atoms with van der Waals surface area (Å²) < 4.78 is 4.86. The van der Waals surface area contributed by atoms with Crippen molar-refractivity contribution in [2.45, 2.75) is 51.5 Å². The summed E-state index contributed by atoms with van der Waals surface area (Å²) in [6, 6.07) is 0. The lowest BCUT2D eigenvalue weighted by Crippen LogP contribution is -2.47. The molecule has 1 aromatic rings. The number of nitrogens with one attached hydrogen (secondary N) is 1. The van der Waals surface area contributed by atoms with Crippen molar-refractivity contribution in [3.63, 3.8) is 0 Å². The third-order valence-electron chi connectivity index (χ3n) is 4.78. The van der Waals surface area contributed by atoms with Crippen LogP contribution in [0.3, 0.4) is 0 Å². The first-order chi connectivity index (χ1) is 11.0. The van der Waals surface area contributed by atoms with Crippen LogP contribution in [-0.2, 0) is 15.1 Å². The molecule has 0 bridgehead atoms. The van der Waals surface area contributed by atoms with E-state index in [0.717, 1.165) is 25.7 Å². The van der Waals surface area contributed by atoms with E-state index in [1.165, 1.54) is 6.39 Å². The van der Waals surface area contributed by atoms with Gasteiger partial charge in [0, 0.05) is 19.5 Å². The average Bonchev–Trinajstić information content (AvgIpc) is 3.20. The van der Waals surface area contributed by atoms with Gasteiger partial charge in [-0.1, -0.05) is 31.8 Å². The minimum Gasteiger partial charge on any atom is -0.343 e. The van der Waals surface area contributed by atoms with Gasteiger partial charge in [0.1, 0.15) is 5.54 Å². The Labute approximate surface area is 135 Å². The number of likely N-dealkylation sites (tertiary alicyclic amines) is 1. The summed E-state index contributed by atoms with van der Waals surface area (Å²) in [5.74, 6) is 0.661. The highest BCUT2D eigenvalue weighted by Gasteiger charge is 2.43. The van der Waals surface area contributed by atoms with E-state index < -0.39 is 5.54 Å². The van der Waals surface area contributed by atoms with E-state index in [1.54, 1.807) is 4.90 Å². The Bertz CT molecular complexity index is 564. The molecule has 2 aliphatic rings. The molecule has 1 saturated carbocycles. The Kier molecular flexibility index (Phi) is 4.37. The molecule has 1 unspecified atom stereocenters. The third-order valence-corrected chi connectivity index (χ3v) is 4.78. The highest BCUT2D eigenvalue weighted by Crippen LogP contribution is 2.37. The highest BCUT2D eigenvalue weighted by atomic mass is 16.5. The van der Waals surface area contributed by atoms with Gasteiger partial charge in [0.05, 0.1) is 5.92 Å². The average molecular weight is 320 g/mol. The maximum absolute atomic E-state index is 12.7. The van der Waals surface area contributed by atoms with Crippen molar-refractivity contribution < 1.29 is 14.1 Å². The van der Waals surface area contributed by atoms with Gasteiger partial charge in [0.25, 0.3) is 0 Å². The van der Waals surface area contributed by atoms with Gasteiger partial charge in [-0.2, -0.15) is 4.98 Å². The van der Waals surface area contributed by atoms with Crippen molar-refractivity contribution in [3.8, 4) is 0 Å². The van der Waals surface area contributed by atoms with Gasteiger partial charge in [-0.3, -0.25) is 9.59 Å². The molecular formula is C16H24N4O3. The van der Waals surface area contributed by atoms with Crippen LogP contribution in [0, 0.1) is 11.8 Å². The summed E-state index contributed by atoms with van der Waals surface area (Å²) in [5.41, 5.74) is -0.529. The second kappa shape index (κ2) is 6.29. The fourth-order valence-corrected chi connectivity index (χ4v) is 3.67. The molecule has 2 heterocycles. The smallest absolute Gasteiger partial charge is 0.226 e. The maximum Gasteiger partial charge on any atom is 0.226 e. The number of hydrogen-bond acceptors (Lipinski definition) is 5. The van der Waals surface area contributed by atoms with E-state index in [0.29, 0.717) is 31.3 Å². The van der Waals surface area contributed by atoms with Gasteiger partial charge < -0.3 is 14.7 Å².